The molecule has 1 aliphatic rings. The summed E-state index contributed by atoms with van der Waals surface area (Å²) in [5.74, 6) is -0.161. The molecule has 1 amide bonds. The monoisotopic (exact) mass is 274 g/mol. The third-order valence-electron chi connectivity index (χ3n) is 3.78. The molecule has 1 aliphatic carbocycles. The number of rotatable bonds is 7. The SMILES string of the molecule is CC(NC(CO)(CO)CO)C(=O)NC1CCCCC1. The maximum Gasteiger partial charge on any atom is 0.237 e. The van der Waals surface area contributed by atoms with Crippen LogP contribution in [0.15, 0.2) is 0 Å². The minimum atomic E-state index is -1.22. The molecule has 1 unspecified atom stereocenters. The highest BCUT2D eigenvalue weighted by Gasteiger charge is 2.32. The molecule has 0 aromatic rings. The first-order valence-electron chi connectivity index (χ1n) is 6.97. The van der Waals surface area contributed by atoms with Crippen molar-refractivity contribution in [2.24, 2.45) is 0 Å². The maximum absolute atomic E-state index is 12.0. The molecule has 1 fully saturated rings. The first-order chi connectivity index (χ1) is 9.06. The predicted molar refractivity (Wildman–Crippen MR) is 71.6 cm³/mol. The Morgan fingerprint density at radius 3 is 2.16 bits per heavy atom. The van der Waals surface area contributed by atoms with Gasteiger partial charge in [-0.2, -0.15) is 0 Å². The summed E-state index contributed by atoms with van der Waals surface area (Å²) in [7, 11) is 0. The van der Waals surface area contributed by atoms with Crippen LogP contribution in [0.2, 0.25) is 0 Å². The van der Waals surface area contributed by atoms with Crippen LogP contribution in [0.25, 0.3) is 0 Å². The van der Waals surface area contributed by atoms with Gasteiger partial charge in [-0.15, -0.1) is 0 Å². The van der Waals surface area contributed by atoms with Crippen molar-refractivity contribution in [1.29, 1.82) is 0 Å². The van der Waals surface area contributed by atoms with Gasteiger partial charge >= 0.3 is 0 Å². The first kappa shape index (κ1) is 16.4. The van der Waals surface area contributed by atoms with Gasteiger partial charge in [0.1, 0.15) is 0 Å². The second-order valence-corrected chi connectivity index (χ2v) is 5.46. The molecule has 5 N–H and O–H groups in total. The zero-order valence-electron chi connectivity index (χ0n) is 11.6. The molecule has 0 saturated heterocycles. The average Bonchev–Trinajstić information content (AvgIpc) is 2.45. The minimum Gasteiger partial charge on any atom is -0.394 e. The van der Waals surface area contributed by atoms with Gasteiger partial charge in [0, 0.05) is 6.04 Å². The lowest BCUT2D eigenvalue weighted by Crippen LogP contribution is -2.61. The molecule has 1 atom stereocenters. The van der Waals surface area contributed by atoms with Crippen molar-refractivity contribution in [2.75, 3.05) is 19.8 Å². The summed E-state index contributed by atoms with van der Waals surface area (Å²) in [4.78, 5) is 12.0. The van der Waals surface area contributed by atoms with Crippen molar-refractivity contribution < 1.29 is 20.1 Å². The number of carbonyl (C=O) groups is 1. The van der Waals surface area contributed by atoms with Gasteiger partial charge in [-0.05, 0) is 19.8 Å². The van der Waals surface area contributed by atoms with E-state index in [1.165, 1.54) is 6.42 Å². The van der Waals surface area contributed by atoms with Crippen molar-refractivity contribution in [3.63, 3.8) is 0 Å². The van der Waals surface area contributed by atoms with Crippen LogP contribution in [0.4, 0.5) is 0 Å². The van der Waals surface area contributed by atoms with Gasteiger partial charge in [0.05, 0.1) is 31.4 Å². The molecule has 0 aromatic heterocycles. The summed E-state index contributed by atoms with van der Waals surface area (Å²) >= 11 is 0. The number of hydrogen-bond acceptors (Lipinski definition) is 5. The summed E-state index contributed by atoms with van der Waals surface area (Å²) in [6.07, 6.45) is 5.51. The largest absolute Gasteiger partial charge is 0.394 e. The van der Waals surface area contributed by atoms with E-state index in [1.54, 1.807) is 6.92 Å². The Hall–Kier alpha value is -0.690. The van der Waals surface area contributed by atoms with Gasteiger partial charge in [-0.25, -0.2) is 0 Å². The second kappa shape index (κ2) is 7.79. The molecule has 112 valence electrons. The molecule has 0 aromatic carbocycles. The van der Waals surface area contributed by atoms with E-state index in [4.69, 9.17) is 0 Å². The van der Waals surface area contributed by atoms with E-state index in [2.05, 4.69) is 10.6 Å². The number of nitrogens with one attached hydrogen (secondary N) is 2. The normalized spacial score (nSPS) is 19.2. The van der Waals surface area contributed by atoms with Crippen molar-refractivity contribution in [3.05, 3.63) is 0 Å². The molecule has 0 heterocycles. The van der Waals surface area contributed by atoms with Gasteiger partial charge in [-0.1, -0.05) is 19.3 Å². The van der Waals surface area contributed by atoms with E-state index in [-0.39, 0.29) is 11.9 Å². The zero-order valence-corrected chi connectivity index (χ0v) is 11.6. The quantitative estimate of drug-likeness (QED) is 0.415. The lowest BCUT2D eigenvalue weighted by Gasteiger charge is -2.32. The number of amides is 1. The molecule has 1 rings (SSSR count). The summed E-state index contributed by atoms with van der Waals surface area (Å²) < 4.78 is 0. The lowest BCUT2D eigenvalue weighted by molar-refractivity contribution is -0.124. The van der Waals surface area contributed by atoms with Gasteiger partial charge in [0.15, 0.2) is 0 Å². The molecule has 0 aliphatic heterocycles. The second-order valence-electron chi connectivity index (χ2n) is 5.46. The fourth-order valence-corrected chi connectivity index (χ4v) is 2.38. The first-order valence-corrected chi connectivity index (χ1v) is 6.97. The summed E-state index contributed by atoms with van der Waals surface area (Å²) in [6.45, 7) is 0.372. The van der Waals surface area contributed by atoms with E-state index in [0.29, 0.717) is 0 Å². The molecular weight excluding hydrogens is 248 g/mol. The Morgan fingerprint density at radius 2 is 1.68 bits per heavy atom. The van der Waals surface area contributed by atoms with E-state index < -0.39 is 31.4 Å². The van der Waals surface area contributed by atoms with Crippen LogP contribution in [-0.4, -0.2) is 58.7 Å². The van der Waals surface area contributed by atoms with Crippen LogP contribution in [0.5, 0.6) is 0 Å². The number of carbonyl (C=O) groups excluding carboxylic acids is 1. The summed E-state index contributed by atoms with van der Waals surface area (Å²) in [6, 6.07) is -0.356. The topological polar surface area (TPSA) is 102 Å². The van der Waals surface area contributed by atoms with Gasteiger partial charge in [-0.3, -0.25) is 10.1 Å². The van der Waals surface area contributed by atoms with Crippen LogP contribution >= 0.6 is 0 Å². The minimum absolute atomic E-state index is 0.161. The fourth-order valence-electron chi connectivity index (χ4n) is 2.38. The lowest BCUT2D eigenvalue weighted by atomic mass is 9.95. The third kappa shape index (κ3) is 4.72. The van der Waals surface area contributed by atoms with E-state index in [0.717, 1.165) is 25.7 Å². The summed E-state index contributed by atoms with van der Waals surface area (Å²) in [5.41, 5.74) is -1.22. The highest BCUT2D eigenvalue weighted by molar-refractivity contribution is 5.81. The van der Waals surface area contributed by atoms with Gasteiger partial charge < -0.3 is 20.6 Å². The average molecular weight is 274 g/mol. The predicted octanol–water partition coefficient (Wildman–Crippen LogP) is -0.871. The molecular formula is C13H26N2O4. The Labute approximate surface area is 114 Å². The van der Waals surface area contributed by atoms with Crippen molar-refractivity contribution in [2.45, 2.75) is 56.7 Å². The Kier molecular flexibility index (Phi) is 6.71. The molecule has 1 saturated carbocycles. The number of aliphatic hydroxyl groups excluding tert-OH is 3. The zero-order chi connectivity index (χ0) is 14.3. The van der Waals surface area contributed by atoms with E-state index in [9.17, 15) is 20.1 Å². The summed E-state index contributed by atoms with van der Waals surface area (Å²) in [5, 5.41) is 33.4. The third-order valence-corrected chi connectivity index (χ3v) is 3.78. The van der Waals surface area contributed by atoms with Crippen LogP contribution in [-0.2, 0) is 4.79 Å². The number of aliphatic hydroxyl groups is 3. The van der Waals surface area contributed by atoms with Crippen molar-refractivity contribution >= 4 is 5.91 Å². The maximum atomic E-state index is 12.0. The van der Waals surface area contributed by atoms with Gasteiger partial charge in [0.25, 0.3) is 0 Å². The van der Waals surface area contributed by atoms with Crippen molar-refractivity contribution in [3.8, 4) is 0 Å². The van der Waals surface area contributed by atoms with Crippen LogP contribution in [0, 0.1) is 0 Å². The van der Waals surface area contributed by atoms with Gasteiger partial charge in [0.2, 0.25) is 5.91 Å². The van der Waals surface area contributed by atoms with Crippen LogP contribution in [0.3, 0.4) is 0 Å². The van der Waals surface area contributed by atoms with Crippen LogP contribution < -0.4 is 10.6 Å². The smallest absolute Gasteiger partial charge is 0.237 e. The molecule has 19 heavy (non-hydrogen) atoms. The fraction of sp³-hybridized carbons (Fsp3) is 0.923. The Balaban J connectivity index is 2.46. The van der Waals surface area contributed by atoms with Crippen molar-refractivity contribution in [1.82, 2.24) is 10.6 Å². The molecule has 6 nitrogen and oxygen atoms in total. The van der Waals surface area contributed by atoms with E-state index >= 15 is 0 Å². The molecule has 0 spiro atoms. The molecule has 0 bridgehead atoms. The molecule has 0 radical (unpaired) electrons. The van der Waals surface area contributed by atoms with Crippen LogP contribution in [0.1, 0.15) is 39.0 Å². The van der Waals surface area contributed by atoms with E-state index in [1.807, 2.05) is 0 Å². The number of hydrogen-bond donors (Lipinski definition) is 5. The molecule has 6 heteroatoms. The standard InChI is InChI=1S/C13H26N2O4/c1-10(15-13(7-16,8-17)9-18)12(19)14-11-5-3-2-4-6-11/h10-11,15-18H,2-9H2,1H3,(H,14,19). The Morgan fingerprint density at radius 1 is 1.16 bits per heavy atom. The Bertz CT molecular complexity index is 268. The highest BCUT2D eigenvalue weighted by Crippen LogP contribution is 2.17. The highest BCUT2D eigenvalue weighted by atomic mass is 16.3.